The van der Waals surface area contributed by atoms with Gasteiger partial charge in [-0.05, 0) is 55.0 Å². The molecule has 6 rings (SSSR count). The Balaban J connectivity index is 1.53. The van der Waals surface area contributed by atoms with Crippen molar-refractivity contribution in [2.75, 3.05) is 13.7 Å². The monoisotopic (exact) mass is 595 g/mol. The zero-order valence-electron chi connectivity index (χ0n) is 23.4. The van der Waals surface area contributed by atoms with E-state index in [9.17, 15) is 19.7 Å². The predicted octanol–water partition coefficient (Wildman–Crippen LogP) is 5.13. The lowest BCUT2D eigenvalue weighted by Crippen LogP contribution is -2.40. The summed E-state index contributed by atoms with van der Waals surface area (Å²) >= 11 is 1.18. The molecule has 1 aliphatic rings. The minimum Gasteiger partial charge on any atom is -0.496 e. The van der Waals surface area contributed by atoms with Crippen molar-refractivity contribution < 1.29 is 23.6 Å². The summed E-state index contributed by atoms with van der Waals surface area (Å²) in [5, 5.41) is 12.8. The van der Waals surface area contributed by atoms with E-state index in [1.165, 1.54) is 28.0 Å². The second kappa shape index (κ2) is 11.2. The molecule has 3 heterocycles. The van der Waals surface area contributed by atoms with Crippen molar-refractivity contribution >= 4 is 39.8 Å². The van der Waals surface area contributed by atoms with E-state index in [4.69, 9.17) is 13.9 Å². The Morgan fingerprint density at radius 1 is 1.12 bits per heavy atom. The number of aromatic nitrogens is 1. The van der Waals surface area contributed by atoms with Crippen LogP contribution in [0, 0.1) is 10.1 Å². The Kier molecular flexibility index (Phi) is 7.24. The van der Waals surface area contributed by atoms with Crippen LogP contribution in [0.1, 0.15) is 31.2 Å². The maximum atomic E-state index is 14.1. The van der Waals surface area contributed by atoms with Crippen molar-refractivity contribution in [3.05, 3.63) is 125 Å². The molecule has 1 aliphatic heterocycles. The number of fused-ring (bicyclic) bond motifs is 2. The second-order valence-electron chi connectivity index (χ2n) is 9.71. The first-order valence-corrected chi connectivity index (χ1v) is 14.2. The summed E-state index contributed by atoms with van der Waals surface area (Å²) in [7, 11) is 1.55. The summed E-state index contributed by atoms with van der Waals surface area (Å²) in [6.45, 7) is 3.62. The Bertz CT molecular complexity index is 2120. The first-order chi connectivity index (χ1) is 20.8. The first kappa shape index (κ1) is 27.9. The van der Waals surface area contributed by atoms with E-state index in [2.05, 4.69) is 4.99 Å². The molecule has 0 saturated heterocycles. The number of esters is 1. The number of hydrogen-bond acceptors (Lipinski definition) is 9. The smallest absolute Gasteiger partial charge is 0.338 e. The average Bonchev–Trinajstić information content (AvgIpc) is 3.60. The molecule has 11 heteroatoms. The molecule has 10 nitrogen and oxygen atoms in total. The summed E-state index contributed by atoms with van der Waals surface area (Å²) in [5.74, 6) is 0.873. The van der Waals surface area contributed by atoms with Gasteiger partial charge < -0.3 is 13.9 Å². The van der Waals surface area contributed by atoms with Gasteiger partial charge in [-0.15, -0.1) is 0 Å². The lowest BCUT2D eigenvalue weighted by molar-refractivity contribution is -0.384. The molecule has 1 atom stereocenters. The first-order valence-electron chi connectivity index (χ1n) is 13.4. The van der Waals surface area contributed by atoms with E-state index in [0.29, 0.717) is 43.4 Å². The highest BCUT2D eigenvalue weighted by Gasteiger charge is 2.36. The summed E-state index contributed by atoms with van der Waals surface area (Å²) in [4.78, 5) is 43.1. The Morgan fingerprint density at radius 3 is 2.60 bits per heavy atom. The molecule has 0 spiro atoms. The van der Waals surface area contributed by atoms with Gasteiger partial charge in [-0.2, -0.15) is 0 Å². The number of nitrogens with zero attached hydrogens (tertiary/aromatic N) is 3. The molecule has 216 valence electrons. The van der Waals surface area contributed by atoms with Gasteiger partial charge in [0, 0.05) is 29.3 Å². The minimum absolute atomic E-state index is 0.0218. The third-order valence-corrected chi connectivity index (χ3v) is 8.19. The molecular formula is C32H25N3O7S. The van der Waals surface area contributed by atoms with Gasteiger partial charge in [0.05, 0.1) is 34.4 Å². The van der Waals surface area contributed by atoms with E-state index in [1.807, 2.05) is 36.4 Å². The third-order valence-electron chi connectivity index (χ3n) is 7.20. The molecular weight excluding hydrogens is 570 g/mol. The molecule has 43 heavy (non-hydrogen) atoms. The highest BCUT2D eigenvalue weighted by atomic mass is 32.1. The van der Waals surface area contributed by atoms with Crippen molar-refractivity contribution in [3.63, 3.8) is 0 Å². The number of carbonyl (C=O) groups is 1. The normalized spacial score (nSPS) is 14.9. The molecule has 0 fully saturated rings. The Morgan fingerprint density at radius 2 is 1.88 bits per heavy atom. The van der Waals surface area contributed by atoms with Crippen LogP contribution in [0.15, 0.2) is 98.3 Å². The maximum Gasteiger partial charge on any atom is 0.338 e. The number of hydrogen-bond donors (Lipinski definition) is 0. The molecule has 0 radical (unpaired) electrons. The molecule has 0 amide bonds. The van der Waals surface area contributed by atoms with Gasteiger partial charge >= 0.3 is 5.97 Å². The maximum absolute atomic E-state index is 14.1. The van der Waals surface area contributed by atoms with Gasteiger partial charge in [0.2, 0.25) is 0 Å². The molecule has 0 bridgehead atoms. The van der Waals surface area contributed by atoms with Crippen molar-refractivity contribution in [2.45, 2.75) is 19.9 Å². The molecule has 0 saturated carbocycles. The van der Waals surface area contributed by atoms with Gasteiger partial charge in [-0.3, -0.25) is 19.5 Å². The highest BCUT2D eigenvalue weighted by molar-refractivity contribution is 7.07. The van der Waals surface area contributed by atoms with Crippen LogP contribution >= 0.6 is 11.3 Å². The lowest BCUT2D eigenvalue weighted by atomic mass is 9.90. The number of non-ortho nitro benzene ring substituents is 1. The number of benzene rings is 3. The number of nitro groups is 1. The largest absolute Gasteiger partial charge is 0.496 e. The van der Waals surface area contributed by atoms with Crippen LogP contribution in [0.2, 0.25) is 0 Å². The fourth-order valence-electron chi connectivity index (χ4n) is 5.26. The topological polar surface area (TPSA) is 126 Å². The number of nitro benzene ring substituents is 1. The summed E-state index contributed by atoms with van der Waals surface area (Å²) in [5.41, 5.74) is 1.64. The van der Waals surface area contributed by atoms with E-state index in [1.54, 1.807) is 51.3 Å². The van der Waals surface area contributed by atoms with Crippen molar-refractivity contribution in [1.29, 1.82) is 0 Å². The van der Waals surface area contributed by atoms with E-state index in [-0.39, 0.29) is 23.4 Å². The van der Waals surface area contributed by atoms with Gasteiger partial charge in [0.15, 0.2) is 4.80 Å². The average molecular weight is 596 g/mol. The number of ether oxygens (including phenoxy) is 2. The quantitative estimate of drug-likeness (QED) is 0.145. The number of rotatable bonds is 7. The summed E-state index contributed by atoms with van der Waals surface area (Å²) in [6.07, 6.45) is 1.62. The van der Waals surface area contributed by atoms with Crippen LogP contribution in [-0.4, -0.2) is 29.2 Å². The van der Waals surface area contributed by atoms with Gasteiger partial charge in [-0.1, -0.05) is 41.7 Å². The highest BCUT2D eigenvalue weighted by Crippen LogP contribution is 2.40. The number of methoxy groups -OCH3 is 1. The van der Waals surface area contributed by atoms with E-state index in [0.717, 1.165) is 10.8 Å². The lowest BCUT2D eigenvalue weighted by Gasteiger charge is -2.27. The summed E-state index contributed by atoms with van der Waals surface area (Å²) < 4.78 is 19.1. The number of furan rings is 1. The van der Waals surface area contributed by atoms with Crippen LogP contribution in [0.25, 0.3) is 28.2 Å². The van der Waals surface area contributed by atoms with Crippen LogP contribution in [0.5, 0.6) is 5.75 Å². The fraction of sp³-hybridized carbons (Fsp3) is 0.156. The van der Waals surface area contributed by atoms with Crippen LogP contribution < -0.4 is 19.6 Å². The molecule has 0 N–H and O–H groups in total. The van der Waals surface area contributed by atoms with Crippen molar-refractivity contribution in [1.82, 2.24) is 4.57 Å². The number of allylic oxidation sites excluding steroid dienone is 1. The van der Waals surface area contributed by atoms with Crippen LogP contribution in [-0.2, 0) is 9.53 Å². The number of carbonyl (C=O) groups excluding carboxylic acids is 1. The van der Waals surface area contributed by atoms with Crippen molar-refractivity contribution in [3.8, 4) is 17.1 Å². The van der Waals surface area contributed by atoms with Crippen LogP contribution in [0.3, 0.4) is 0 Å². The fourth-order valence-corrected chi connectivity index (χ4v) is 6.29. The molecule has 2 aromatic heterocycles. The molecule has 3 aromatic carbocycles. The zero-order valence-corrected chi connectivity index (χ0v) is 24.2. The minimum atomic E-state index is -0.856. The van der Waals surface area contributed by atoms with Crippen LogP contribution in [0.4, 0.5) is 5.69 Å². The van der Waals surface area contributed by atoms with E-state index < -0.39 is 16.9 Å². The zero-order chi connectivity index (χ0) is 30.2. The standard InChI is InChI=1S/C32H25N3O7S/c1-4-41-31(37)27-18(2)33-32-34(29(27)28-23-8-6-5-7-19(23)11-15-25(28)40-3)30(36)26(43-32)17-22-14-16-24(42-22)20-9-12-21(13-10-20)35(38)39/h5-17,29H,4H2,1-3H3/b26-17+. The Hall–Kier alpha value is -5.29. The third kappa shape index (κ3) is 4.93. The molecule has 1 unspecified atom stereocenters. The van der Waals surface area contributed by atoms with Gasteiger partial charge in [-0.25, -0.2) is 9.79 Å². The number of thiazole rings is 1. The second-order valence-corrected chi connectivity index (χ2v) is 10.7. The van der Waals surface area contributed by atoms with Gasteiger partial charge in [0.25, 0.3) is 11.2 Å². The SMILES string of the molecule is CCOC(=O)C1=C(C)N=c2s/c(=C/c3ccc(-c4ccc([N+](=O)[O-])cc4)o3)c(=O)n2C1c1c(OC)ccc2ccccc12. The van der Waals surface area contributed by atoms with Gasteiger partial charge in [0.1, 0.15) is 23.3 Å². The van der Waals surface area contributed by atoms with E-state index >= 15 is 0 Å². The summed E-state index contributed by atoms with van der Waals surface area (Å²) in [6, 6.07) is 20.1. The van der Waals surface area contributed by atoms with Crippen molar-refractivity contribution in [2.24, 2.45) is 4.99 Å². The molecule has 5 aromatic rings. The Labute approximate surface area is 248 Å². The predicted molar refractivity (Wildman–Crippen MR) is 162 cm³/mol. The molecule has 0 aliphatic carbocycles.